The van der Waals surface area contributed by atoms with Gasteiger partial charge in [0, 0.05) is 41.1 Å². The molecule has 9 heteroatoms. The Morgan fingerprint density at radius 2 is 2.04 bits per heavy atom. The SMILES string of the molecule is O=[N+]([O-])c1cccc(S(=O)(=O)N2CCSC(c3cccs3)CC2)c1. The van der Waals surface area contributed by atoms with Crippen molar-refractivity contribution in [2.45, 2.75) is 16.6 Å². The highest BCUT2D eigenvalue weighted by Crippen LogP contribution is 2.37. The van der Waals surface area contributed by atoms with E-state index in [-0.39, 0.29) is 10.6 Å². The summed E-state index contributed by atoms with van der Waals surface area (Å²) in [6.45, 7) is 0.832. The van der Waals surface area contributed by atoms with Crippen molar-refractivity contribution in [2.24, 2.45) is 0 Å². The molecule has 0 radical (unpaired) electrons. The normalized spacial score (nSPS) is 19.8. The first-order valence-corrected chi connectivity index (χ1v) is 10.7. The van der Waals surface area contributed by atoms with Gasteiger partial charge >= 0.3 is 0 Å². The van der Waals surface area contributed by atoms with Gasteiger partial charge in [-0.2, -0.15) is 16.1 Å². The van der Waals surface area contributed by atoms with Gasteiger partial charge in [-0.3, -0.25) is 10.1 Å². The number of benzene rings is 1. The fourth-order valence-electron chi connectivity index (χ4n) is 2.60. The van der Waals surface area contributed by atoms with E-state index in [9.17, 15) is 18.5 Å². The van der Waals surface area contributed by atoms with Crippen LogP contribution in [0.25, 0.3) is 0 Å². The lowest BCUT2D eigenvalue weighted by Crippen LogP contribution is -2.33. The molecular weight excluding hydrogens is 368 g/mol. The van der Waals surface area contributed by atoms with Crippen molar-refractivity contribution in [3.8, 4) is 0 Å². The second kappa shape index (κ2) is 7.22. The fourth-order valence-corrected chi connectivity index (χ4v) is 6.45. The molecule has 1 fully saturated rings. The largest absolute Gasteiger partial charge is 0.270 e. The van der Waals surface area contributed by atoms with Crippen molar-refractivity contribution in [2.75, 3.05) is 18.8 Å². The summed E-state index contributed by atoms with van der Waals surface area (Å²) in [6.07, 6.45) is 0.735. The van der Waals surface area contributed by atoms with Gasteiger partial charge in [0.15, 0.2) is 0 Å². The third-order valence-electron chi connectivity index (χ3n) is 3.83. The summed E-state index contributed by atoms with van der Waals surface area (Å²) in [4.78, 5) is 11.5. The van der Waals surface area contributed by atoms with Gasteiger partial charge in [0.1, 0.15) is 0 Å². The molecule has 6 nitrogen and oxygen atoms in total. The minimum absolute atomic E-state index is 0.0173. The summed E-state index contributed by atoms with van der Waals surface area (Å²) in [5, 5.41) is 13.2. The van der Waals surface area contributed by atoms with Crippen molar-refractivity contribution in [1.82, 2.24) is 4.31 Å². The first kappa shape index (κ1) is 17.4. The molecule has 1 atom stereocenters. The van der Waals surface area contributed by atoms with E-state index in [2.05, 4.69) is 6.07 Å². The molecule has 1 aromatic heterocycles. The lowest BCUT2D eigenvalue weighted by atomic mass is 10.2. The Bertz CT molecular complexity index is 821. The van der Waals surface area contributed by atoms with Crippen LogP contribution >= 0.6 is 23.1 Å². The predicted octanol–water partition coefficient (Wildman–Crippen LogP) is 3.53. The quantitative estimate of drug-likeness (QED) is 0.595. The second-order valence-corrected chi connectivity index (χ2v) is 9.55. The highest BCUT2D eigenvalue weighted by atomic mass is 32.2. The van der Waals surface area contributed by atoms with Crippen LogP contribution in [0.2, 0.25) is 0 Å². The van der Waals surface area contributed by atoms with Gasteiger partial charge in [-0.15, -0.1) is 11.3 Å². The summed E-state index contributed by atoms with van der Waals surface area (Å²) < 4.78 is 27.0. The number of thiophene rings is 1. The van der Waals surface area contributed by atoms with E-state index in [1.54, 1.807) is 23.1 Å². The van der Waals surface area contributed by atoms with Crippen LogP contribution in [0.1, 0.15) is 16.5 Å². The molecule has 0 saturated carbocycles. The molecular formula is C15H16N2O4S3. The monoisotopic (exact) mass is 384 g/mol. The van der Waals surface area contributed by atoms with Crippen molar-refractivity contribution in [3.05, 3.63) is 56.8 Å². The maximum absolute atomic E-state index is 12.8. The number of thioether (sulfide) groups is 1. The molecule has 3 rings (SSSR count). The van der Waals surface area contributed by atoms with E-state index in [1.807, 2.05) is 11.4 Å². The Labute approximate surface area is 148 Å². The van der Waals surface area contributed by atoms with Crippen LogP contribution in [0.4, 0.5) is 5.69 Å². The summed E-state index contributed by atoms with van der Waals surface area (Å²) in [6, 6.07) is 9.33. The van der Waals surface area contributed by atoms with Crippen molar-refractivity contribution >= 4 is 38.8 Å². The minimum Gasteiger partial charge on any atom is -0.258 e. The van der Waals surface area contributed by atoms with Gasteiger partial charge in [0.2, 0.25) is 10.0 Å². The van der Waals surface area contributed by atoms with Crippen LogP contribution in [-0.2, 0) is 10.0 Å². The molecule has 128 valence electrons. The van der Waals surface area contributed by atoms with E-state index in [4.69, 9.17) is 0 Å². The Hall–Kier alpha value is -1.42. The lowest BCUT2D eigenvalue weighted by molar-refractivity contribution is -0.385. The first-order valence-electron chi connectivity index (χ1n) is 7.38. The molecule has 2 aromatic rings. The molecule has 0 aliphatic carbocycles. The summed E-state index contributed by atoms with van der Waals surface area (Å²) in [7, 11) is -3.71. The number of non-ortho nitro benzene ring substituents is 1. The van der Waals surface area contributed by atoms with Crippen molar-refractivity contribution < 1.29 is 13.3 Å². The number of sulfonamides is 1. The molecule has 24 heavy (non-hydrogen) atoms. The second-order valence-electron chi connectivity index (χ2n) is 5.32. The zero-order valence-corrected chi connectivity index (χ0v) is 15.1. The molecule has 0 spiro atoms. The first-order chi connectivity index (χ1) is 11.5. The van der Waals surface area contributed by atoms with Gasteiger partial charge in [-0.1, -0.05) is 12.1 Å². The topological polar surface area (TPSA) is 80.5 Å². The maximum atomic E-state index is 12.8. The summed E-state index contributed by atoms with van der Waals surface area (Å²) in [5.74, 6) is 0.705. The molecule has 1 aliphatic heterocycles. The van der Waals surface area contributed by atoms with Gasteiger partial charge in [-0.05, 0) is 23.9 Å². The molecule has 0 N–H and O–H groups in total. The number of hydrogen-bond acceptors (Lipinski definition) is 6. The highest BCUT2D eigenvalue weighted by molar-refractivity contribution is 7.99. The van der Waals surface area contributed by atoms with E-state index < -0.39 is 14.9 Å². The zero-order valence-electron chi connectivity index (χ0n) is 12.7. The molecule has 1 aromatic carbocycles. The van der Waals surface area contributed by atoms with Crippen LogP contribution in [0.5, 0.6) is 0 Å². The van der Waals surface area contributed by atoms with Gasteiger partial charge < -0.3 is 0 Å². The average Bonchev–Trinajstić information content (AvgIpc) is 2.99. The smallest absolute Gasteiger partial charge is 0.258 e. The van der Waals surface area contributed by atoms with Crippen LogP contribution in [0, 0.1) is 10.1 Å². The Balaban J connectivity index is 1.80. The third kappa shape index (κ3) is 3.64. The minimum atomic E-state index is -3.71. The Morgan fingerprint density at radius 1 is 1.21 bits per heavy atom. The highest BCUT2D eigenvalue weighted by Gasteiger charge is 2.29. The van der Waals surface area contributed by atoms with Gasteiger partial charge in [-0.25, -0.2) is 8.42 Å². The van der Waals surface area contributed by atoms with Gasteiger partial charge in [0.05, 0.1) is 9.82 Å². The third-order valence-corrected chi connectivity index (χ3v) is 8.17. The average molecular weight is 385 g/mol. The van der Waals surface area contributed by atoms with Crippen LogP contribution in [0.15, 0.2) is 46.7 Å². The fraction of sp³-hybridized carbons (Fsp3) is 0.333. The van der Waals surface area contributed by atoms with Gasteiger partial charge in [0.25, 0.3) is 5.69 Å². The zero-order chi connectivity index (χ0) is 17.2. The number of rotatable bonds is 4. The Morgan fingerprint density at radius 3 is 2.75 bits per heavy atom. The predicted molar refractivity (Wildman–Crippen MR) is 96.0 cm³/mol. The molecule has 1 unspecified atom stereocenters. The Kier molecular flexibility index (Phi) is 5.24. The number of nitro benzene ring substituents is 1. The molecule has 2 heterocycles. The van der Waals surface area contributed by atoms with Crippen LogP contribution in [0.3, 0.4) is 0 Å². The van der Waals surface area contributed by atoms with E-state index in [0.717, 1.165) is 12.5 Å². The van der Waals surface area contributed by atoms with Crippen molar-refractivity contribution in [1.29, 1.82) is 0 Å². The summed E-state index contributed by atoms with van der Waals surface area (Å²) >= 11 is 3.45. The molecule has 0 amide bonds. The maximum Gasteiger partial charge on any atom is 0.270 e. The molecule has 1 aliphatic rings. The summed E-state index contributed by atoms with van der Waals surface area (Å²) in [5.41, 5.74) is -0.211. The van der Waals surface area contributed by atoms with Crippen molar-refractivity contribution in [3.63, 3.8) is 0 Å². The lowest BCUT2D eigenvalue weighted by Gasteiger charge is -2.19. The van der Waals surface area contributed by atoms with E-state index in [0.29, 0.717) is 24.1 Å². The van der Waals surface area contributed by atoms with E-state index >= 15 is 0 Å². The molecule has 1 saturated heterocycles. The molecule has 0 bridgehead atoms. The number of hydrogen-bond donors (Lipinski definition) is 0. The van der Waals surface area contributed by atoms with E-state index in [1.165, 1.54) is 27.4 Å². The van der Waals surface area contributed by atoms with Crippen LogP contribution < -0.4 is 0 Å². The number of nitro groups is 1. The number of nitrogens with zero attached hydrogens (tertiary/aromatic N) is 2. The standard InChI is InChI=1S/C15H16N2O4S3/c18-17(19)12-3-1-4-13(11-12)24(20,21)16-7-6-15(23-10-8-16)14-5-2-9-22-14/h1-5,9,11,15H,6-8,10H2. The van der Waals surface area contributed by atoms with Crippen LogP contribution in [-0.4, -0.2) is 36.5 Å².